The molecule has 0 amide bonds. The third-order valence-corrected chi connectivity index (χ3v) is 2.78. The van der Waals surface area contributed by atoms with Crippen molar-refractivity contribution < 1.29 is 14.3 Å². The molecule has 0 spiro atoms. The third kappa shape index (κ3) is 2.41. The normalized spacial score (nSPS) is 18.8. The predicted octanol–water partition coefficient (Wildman–Crippen LogP) is 2.22. The fourth-order valence-corrected chi connectivity index (χ4v) is 1.81. The number of hydrogen-bond donors (Lipinski definition) is 1. The molecule has 17 heavy (non-hydrogen) atoms. The van der Waals surface area contributed by atoms with Crippen molar-refractivity contribution >= 4 is 11.7 Å². The van der Waals surface area contributed by atoms with Crippen LogP contribution in [0.25, 0.3) is 0 Å². The van der Waals surface area contributed by atoms with Gasteiger partial charge in [0.05, 0.1) is 6.04 Å². The fourth-order valence-electron chi connectivity index (χ4n) is 1.81. The van der Waals surface area contributed by atoms with Crippen LogP contribution < -0.4 is 0 Å². The largest absolute Gasteiger partial charge is 0.477 e. The highest BCUT2D eigenvalue weighted by Gasteiger charge is 2.22. The van der Waals surface area contributed by atoms with Gasteiger partial charge in [-0.3, -0.25) is 4.99 Å². The van der Waals surface area contributed by atoms with Crippen LogP contribution in [0.2, 0.25) is 0 Å². The Kier molecular flexibility index (Phi) is 3.04. The van der Waals surface area contributed by atoms with E-state index >= 15 is 0 Å². The number of benzene rings is 1. The summed E-state index contributed by atoms with van der Waals surface area (Å²) in [6, 6.07) is 6.20. The van der Waals surface area contributed by atoms with Gasteiger partial charge in [0.15, 0.2) is 0 Å². The number of aliphatic carboxylic acids is 1. The number of carboxylic acid groups (broad SMARTS) is 1. The van der Waals surface area contributed by atoms with Crippen molar-refractivity contribution in [2.24, 2.45) is 4.99 Å². The highest BCUT2D eigenvalue weighted by molar-refractivity contribution is 6.41. The van der Waals surface area contributed by atoms with Gasteiger partial charge in [0.2, 0.25) is 0 Å². The average molecular weight is 233 g/mol. The molecule has 4 heteroatoms. The Morgan fingerprint density at radius 2 is 2.18 bits per heavy atom. The van der Waals surface area contributed by atoms with E-state index in [4.69, 9.17) is 5.11 Å². The number of carboxylic acids is 1. The summed E-state index contributed by atoms with van der Waals surface area (Å²) < 4.78 is 13.4. The summed E-state index contributed by atoms with van der Waals surface area (Å²) in [5.41, 5.74) is 1.45. The van der Waals surface area contributed by atoms with Gasteiger partial charge in [-0.2, -0.15) is 0 Å². The van der Waals surface area contributed by atoms with Crippen LogP contribution in [0.3, 0.4) is 0 Å². The van der Waals surface area contributed by atoms with E-state index < -0.39 is 5.97 Å². The maximum atomic E-state index is 13.4. The smallest absolute Gasteiger partial charge is 0.354 e. The summed E-state index contributed by atoms with van der Waals surface area (Å²) in [5, 5.41) is 8.82. The van der Waals surface area contributed by atoms with Gasteiger partial charge in [-0.05, 0) is 30.2 Å². The molecule has 1 aliphatic heterocycles. The Morgan fingerprint density at radius 3 is 2.76 bits per heavy atom. The van der Waals surface area contributed by atoms with Crippen LogP contribution in [0.5, 0.6) is 0 Å². The minimum Gasteiger partial charge on any atom is -0.477 e. The van der Waals surface area contributed by atoms with E-state index in [1.807, 2.05) is 6.92 Å². The number of halogens is 1. The maximum absolute atomic E-state index is 13.4. The van der Waals surface area contributed by atoms with Gasteiger partial charge < -0.3 is 5.11 Å². The molecule has 0 aromatic heterocycles. The molecule has 0 saturated heterocycles. The first-order valence-corrected chi connectivity index (χ1v) is 5.30. The van der Waals surface area contributed by atoms with Crippen LogP contribution >= 0.6 is 0 Å². The number of nitrogens with zero attached hydrogens (tertiary/aromatic N) is 1. The van der Waals surface area contributed by atoms with E-state index in [-0.39, 0.29) is 17.6 Å². The monoisotopic (exact) mass is 233 g/mol. The number of aliphatic imine (C=N–C) groups is 1. The van der Waals surface area contributed by atoms with E-state index in [1.54, 1.807) is 18.2 Å². The number of carbonyl (C=O) groups is 1. The molecule has 1 atom stereocenters. The highest BCUT2D eigenvalue weighted by atomic mass is 19.1. The Balaban J connectivity index is 2.19. The van der Waals surface area contributed by atoms with E-state index in [9.17, 15) is 9.18 Å². The van der Waals surface area contributed by atoms with E-state index in [1.165, 1.54) is 12.1 Å². The average Bonchev–Trinajstić information content (AvgIpc) is 2.64. The Hall–Kier alpha value is -1.97. The van der Waals surface area contributed by atoms with Gasteiger partial charge in [0.25, 0.3) is 0 Å². The predicted molar refractivity (Wildman–Crippen MR) is 62.7 cm³/mol. The quantitative estimate of drug-likeness (QED) is 0.870. The standard InChI is InChI=1S/C13H12FNO2/c1-8-6-12(13(16)17)15-11(8)7-9-4-2-3-5-10(9)14/h2-6,11H,7H2,1H3,(H,16,17). The Morgan fingerprint density at radius 1 is 1.47 bits per heavy atom. The molecule has 0 fully saturated rings. The second-order valence-corrected chi connectivity index (χ2v) is 4.02. The highest BCUT2D eigenvalue weighted by Crippen LogP contribution is 2.20. The molecule has 0 saturated carbocycles. The first kappa shape index (κ1) is 11.5. The van der Waals surface area contributed by atoms with Gasteiger partial charge in [0.1, 0.15) is 11.5 Å². The van der Waals surface area contributed by atoms with Gasteiger partial charge in [-0.15, -0.1) is 0 Å². The zero-order valence-corrected chi connectivity index (χ0v) is 9.35. The van der Waals surface area contributed by atoms with Gasteiger partial charge in [-0.25, -0.2) is 9.18 Å². The van der Waals surface area contributed by atoms with Crippen molar-refractivity contribution in [2.45, 2.75) is 19.4 Å². The van der Waals surface area contributed by atoms with Crippen LogP contribution in [0.1, 0.15) is 12.5 Å². The summed E-state index contributed by atoms with van der Waals surface area (Å²) >= 11 is 0. The van der Waals surface area contributed by atoms with Crippen LogP contribution in [-0.4, -0.2) is 22.8 Å². The summed E-state index contributed by atoms with van der Waals surface area (Å²) in [6.45, 7) is 1.81. The fraction of sp³-hybridized carbons (Fsp3) is 0.231. The van der Waals surface area contributed by atoms with Gasteiger partial charge in [0, 0.05) is 6.42 Å². The SMILES string of the molecule is CC1=CC(C(=O)O)=NC1Cc1ccccc1F. The molecule has 88 valence electrons. The minimum absolute atomic E-state index is 0.0452. The van der Waals surface area contributed by atoms with Crippen LogP contribution in [0, 0.1) is 5.82 Å². The maximum Gasteiger partial charge on any atom is 0.354 e. The lowest BCUT2D eigenvalue weighted by Gasteiger charge is -2.09. The van der Waals surface area contributed by atoms with Crippen molar-refractivity contribution in [3.8, 4) is 0 Å². The van der Waals surface area contributed by atoms with E-state index in [0.29, 0.717) is 12.0 Å². The van der Waals surface area contributed by atoms with E-state index in [2.05, 4.69) is 4.99 Å². The number of hydrogen-bond acceptors (Lipinski definition) is 2. The zero-order valence-electron chi connectivity index (χ0n) is 9.35. The van der Waals surface area contributed by atoms with Crippen molar-refractivity contribution in [3.05, 3.63) is 47.3 Å². The molecule has 0 bridgehead atoms. The lowest BCUT2D eigenvalue weighted by Crippen LogP contribution is -2.11. The first-order chi connectivity index (χ1) is 8.08. The molecule has 2 rings (SSSR count). The molecule has 0 radical (unpaired) electrons. The van der Waals surface area contributed by atoms with Gasteiger partial charge >= 0.3 is 5.97 Å². The first-order valence-electron chi connectivity index (χ1n) is 5.30. The molecule has 1 aromatic rings. The molecular weight excluding hydrogens is 221 g/mol. The second kappa shape index (κ2) is 4.49. The lowest BCUT2D eigenvalue weighted by atomic mass is 10.0. The molecular formula is C13H12FNO2. The molecule has 1 aromatic carbocycles. The third-order valence-electron chi connectivity index (χ3n) is 2.78. The molecule has 1 N–H and O–H groups in total. The summed E-state index contributed by atoms with van der Waals surface area (Å²) in [6.07, 6.45) is 1.93. The molecule has 0 aliphatic carbocycles. The summed E-state index contributed by atoms with van der Waals surface area (Å²) in [7, 11) is 0. The minimum atomic E-state index is -1.04. The molecule has 1 unspecified atom stereocenters. The van der Waals surface area contributed by atoms with Crippen LogP contribution in [0.15, 0.2) is 40.9 Å². The van der Waals surface area contributed by atoms with Crippen molar-refractivity contribution in [3.63, 3.8) is 0 Å². The topological polar surface area (TPSA) is 49.7 Å². The van der Waals surface area contributed by atoms with Crippen molar-refractivity contribution in [1.29, 1.82) is 0 Å². The summed E-state index contributed by atoms with van der Waals surface area (Å²) in [5.74, 6) is -1.32. The van der Waals surface area contributed by atoms with Crippen LogP contribution in [0.4, 0.5) is 4.39 Å². The van der Waals surface area contributed by atoms with Crippen molar-refractivity contribution in [1.82, 2.24) is 0 Å². The molecule has 1 heterocycles. The lowest BCUT2D eigenvalue weighted by molar-refractivity contribution is -0.129. The van der Waals surface area contributed by atoms with Crippen molar-refractivity contribution in [2.75, 3.05) is 0 Å². The molecule has 3 nitrogen and oxygen atoms in total. The summed E-state index contributed by atoms with van der Waals surface area (Å²) in [4.78, 5) is 14.8. The van der Waals surface area contributed by atoms with Crippen LogP contribution in [-0.2, 0) is 11.2 Å². The Bertz CT molecular complexity index is 520. The van der Waals surface area contributed by atoms with E-state index in [0.717, 1.165) is 5.57 Å². The van der Waals surface area contributed by atoms with Gasteiger partial charge in [-0.1, -0.05) is 18.2 Å². The zero-order chi connectivity index (χ0) is 12.4. The molecule has 1 aliphatic rings. The Labute approximate surface area is 98.3 Å². The second-order valence-electron chi connectivity index (χ2n) is 4.02. The number of rotatable bonds is 3.